The van der Waals surface area contributed by atoms with Crippen molar-refractivity contribution in [2.45, 2.75) is 25.7 Å². The first-order valence-corrected chi connectivity index (χ1v) is 11.9. The van der Waals surface area contributed by atoms with Gasteiger partial charge in [0.15, 0.2) is 17.3 Å². The van der Waals surface area contributed by atoms with E-state index in [9.17, 15) is 9.59 Å². The largest absolute Gasteiger partial charge is 0.493 e. The topological polar surface area (TPSA) is 81.3 Å². The molecule has 172 valence electrons. The summed E-state index contributed by atoms with van der Waals surface area (Å²) >= 11 is 1.40. The molecule has 1 N–H and O–H groups in total. The fourth-order valence-electron chi connectivity index (χ4n) is 4.39. The second kappa shape index (κ2) is 8.91. The number of methoxy groups -OCH3 is 2. The van der Waals surface area contributed by atoms with Crippen LogP contribution in [0.3, 0.4) is 0 Å². The highest BCUT2D eigenvalue weighted by Crippen LogP contribution is 2.37. The molecule has 7 heteroatoms. The van der Waals surface area contributed by atoms with E-state index in [0.29, 0.717) is 46.2 Å². The lowest BCUT2D eigenvalue weighted by molar-refractivity contribution is 0.0963. The van der Waals surface area contributed by atoms with Gasteiger partial charge < -0.3 is 14.5 Å². The van der Waals surface area contributed by atoms with E-state index in [4.69, 9.17) is 9.47 Å². The first-order valence-electron chi connectivity index (χ1n) is 11.0. The minimum atomic E-state index is -0.232. The van der Waals surface area contributed by atoms with Crippen LogP contribution < -0.4 is 15.0 Å². The number of nitrogens with one attached hydrogen (secondary N) is 1. The van der Waals surface area contributed by atoms with Crippen molar-refractivity contribution >= 4 is 17.1 Å². The molecule has 6 nitrogen and oxygen atoms in total. The minimum Gasteiger partial charge on any atom is -0.493 e. The summed E-state index contributed by atoms with van der Waals surface area (Å²) in [5.74, 6) is 1.22. The summed E-state index contributed by atoms with van der Waals surface area (Å²) in [4.78, 5) is 33.7. The first-order chi connectivity index (χ1) is 16.5. The predicted molar refractivity (Wildman–Crippen MR) is 133 cm³/mol. The summed E-state index contributed by atoms with van der Waals surface area (Å²) in [6, 6.07) is 15.5. The van der Waals surface area contributed by atoms with Gasteiger partial charge in [0, 0.05) is 28.6 Å². The molecule has 0 spiro atoms. The third-order valence-corrected chi connectivity index (χ3v) is 7.14. The number of nitrogens with zero attached hydrogens (tertiary/aromatic N) is 1. The number of aromatic amines is 1. The van der Waals surface area contributed by atoms with E-state index in [1.54, 1.807) is 20.3 Å². The Kier molecular flexibility index (Phi) is 5.79. The summed E-state index contributed by atoms with van der Waals surface area (Å²) in [6.45, 7) is 2.04. The van der Waals surface area contributed by atoms with Crippen LogP contribution in [0.25, 0.3) is 21.8 Å². The normalized spacial score (nSPS) is 15.1. The number of carbonyl (C=O) groups is 1. The molecule has 0 radical (unpaired) electrons. The summed E-state index contributed by atoms with van der Waals surface area (Å²) in [7, 11) is 3.18. The number of rotatable bonds is 5. The Morgan fingerprint density at radius 2 is 1.71 bits per heavy atom. The van der Waals surface area contributed by atoms with E-state index in [0.717, 1.165) is 16.8 Å². The lowest BCUT2D eigenvalue weighted by atomic mass is 9.81. The molecule has 0 bridgehead atoms. The van der Waals surface area contributed by atoms with Crippen LogP contribution in [0.1, 0.15) is 39.5 Å². The van der Waals surface area contributed by atoms with E-state index in [-0.39, 0.29) is 17.3 Å². The molecule has 1 unspecified atom stereocenters. The van der Waals surface area contributed by atoms with Crippen LogP contribution in [0.15, 0.2) is 58.7 Å². The zero-order valence-electron chi connectivity index (χ0n) is 19.2. The maximum Gasteiger partial charge on any atom is 0.258 e. The highest BCUT2D eigenvalue weighted by molar-refractivity contribution is 7.13. The van der Waals surface area contributed by atoms with Crippen LogP contribution >= 0.6 is 11.3 Å². The molecular formula is C27H24N2O4S. The van der Waals surface area contributed by atoms with Gasteiger partial charge in [0.2, 0.25) is 0 Å². The van der Waals surface area contributed by atoms with Gasteiger partial charge in [0.25, 0.3) is 5.56 Å². The van der Waals surface area contributed by atoms with Crippen molar-refractivity contribution < 1.29 is 14.3 Å². The summed E-state index contributed by atoms with van der Waals surface area (Å²) in [6.07, 6.45) is 0.930. The number of pyridine rings is 1. The number of Topliss-reactive ketones (excluding diaryl/α,β-unsaturated/α-hetero) is 1. The number of hydrogen-bond acceptors (Lipinski definition) is 6. The molecule has 34 heavy (non-hydrogen) atoms. The molecule has 4 aromatic rings. The molecular weight excluding hydrogens is 448 g/mol. The SMILES string of the molecule is COc1ccc(C2CC(=O)c3cc(-c4nc(-c5ccc(C)cc5)cs4)c(=O)[nH]c3C2)cc1OC. The number of aryl methyl sites for hydroxylation is 1. The molecule has 5 rings (SSSR count). The number of carbonyl (C=O) groups excluding carboxylic acids is 1. The van der Waals surface area contributed by atoms with Crippen molar-refractivity contribution in [2.75, 3.05) is 14.2 Å². The number of benzene rings is 2. The van der Waals surface area contributed by atoms with Crippen LogP contribution in [-0.2, 0) is 6.42 Å². The van der Waals surface area contributed by atoms with Gasteiger partial charge in [-0.25, -0.2) is 4.98 Å². The van der Waals surface area contributed by atoms with Gasteiger partial charge in [-0.15, -0.1) is 11.3 Å². The number of thiazole rings is 1. The number of H-pyrrole nitrogens is 1. The van der Waals surface area contributed by atoms with E-state index >= 15 is 0 Å². The van der Waals surface area contributed by atoms with Gasteiger partial charge in [-0.2, -0.15) is 0 Å². The van der Waals surface area contributed by atoms with Gasteiger partial charge in [-0.1, -0.05) is 35.9 Å². The Morgan fingerprint density at radius 1 is 0.941 bits per heavy atom. The number of ether oxygens (including phenoxy) is 2. The molecule has 0 fully saturated rings. The Hall–Kier alpha value is -3.71. The average Bonchev–Trinajstić information content (AvgIpc) is 3.33. The van der Waals surface area contributed by atoms with Crippen molar-refractivity contribution in [1.29, 1.82) is 0 Å². The molecule has 0 saturated carbocycles. The first kappa shape index (κ1) is 22.1. The third kappa shape index (κ3) is 4.03. The second-order valence-electron chi connectivity index (χ2n) is 8.45. The highest BCUT2D eigenvalue weighted by atomic mass is 32.1. The minimum absolute atomic E-state index is 0.00819. The fourth-order valence-corrected chi connectivity index (χ4v) is 5.23. The van der Waals surface area contributed by atoms with Gasteiger partial charge >= 0.3 is 0 Å². The Bertz CT molecular complexity index is 1440. The van der Waals surface area contributed by atoms with Gasteiger partial charge in [-0.05, 0) is 43.0 Å². The Labute approximate surface area is 201 Å². The van der Waals surface area contributed by atoms with Crippen molar-refractivity contribution in [3.8, 4) is 33.3 Å². The van der Waals surface area contributed by atoms with E-state index in [1.807, 2.05) is 54.8 Å². The average molecular weight is 473 g/mol. The quantitative estimate of drug-likeness (QED) is 0.420. The van der Waals surface area contributed by atoms with Crippen LogP contribution in [0.2, 0.25) is 0 Å². The molecule has 2 aromatic heterocycles. The zero-order valence-corrected chi connectivity index (χ0v) is 20.0. The Morgan fingerprint density at radius 3 is 2.44 bits per heavy atom. The van der Waals surface area contributed by atoms with Crippen LogP contribution in [0, 0.1) is 6.92 Å². The monoisotopic (exact) mass is 472 g/mol. The zero-order chi connectivity index (χ0) is 23.8. The number of aromatic nitrogens is 2. The molecule has 1 atom stereocenters. The third-order valence-electron chi connectivity index (χ3n) is 6.27. The van der Waals surface area contributed by atoms with Crippen LogP contribution in [0.5, 0.6) is 11.5 Å². The number of ketones is 1. The summed E-state index contributed by atoms with van der Waals surface area (Å²) < 4.78 is 10.7. The number of hydrogen-bond donors (Lipinski definition) is 1. The lowest BCUT2D eigenvalue weighted by Gasteiger charge is -2.24. The molecule has 1 aliphatic carbocycles. The van der Waals surface area contributed by atoms with Crippen molar-refractivity contribution in [3.63, 3.8) is 0 Å². The second-order valence-corrected chi connectivity index (χ2v) is 9.31. The van der Waals surface area contributed by atoms with Gasteiger partial charge in [-0.3, -0.25) is 9.59 Å². The Balaban J connectivity index is 1.46. The van der Waals surface area contributed by atoms with Crippen LogP contribution in [0.4, 0.5) is 0 Å². The summed E-state index contributed by atoms with van der Waals surface area (Å²) in [5.41, 5.74) is 5.40. The lowest BCUT2D eigenvalue weighted by Crippen LogP contribution is -2.24. The number of fused-ring (bicyclic) bond motifs is 1. The molecule has 1 aliphatic rings. The van der Waals surface area contributed by atoms with E-state index in [2.05, 4.69) is 9.97 Å². The molecule has 0 aliphatic heterocycles. The van der Waals surface area contributed by atoms with Crippen molar-refractivity contribution in [2.24, 2.45) is 0 Å². The van der Waals surface area contributed by atoms with E-state index < -0.39 is 0 Å². The van der Waals surface area contributed by atoms with Crippen molar-refractivity contribution in [3.05, 3.63) is 86.6 Å². The standard InChI is InChI=1S/C27H24N2O4S/c1-15-4-6-16(7-5-15)22-14-34-27(29-22)20-13-19-21(28-26(20)31)10-18(11-23(19)30)17-8-9-24(32-2)25(12-17)33-3/h4-9,12-14,18H,10-11H2,1-3H3,(H,28,31). The maximum atomic E-state index is 13.1. The fraction of sp³-hybridized carbons (Fsp3) is 0.222. The smallest absolute Gasteiger partial charge is 0.258 e. The van der Waals surface area contributed by atoms with Crippen molar-refractivity contribution in [1.82, 2.24) is 9.97 Å². The highest BCUT2D eigenvalue weighted by Gasteiger charge is 2.29. The van der Waals surface area contributed by atoms with E-state index in [1.165, 1.54) is 16.9 Å². The van der Waals surface area contributed by atoms with Gasteiger partial charge in [0.05, 0.1) is 25.5 Å². The molecule has 2 heterocycles. The summed E-state index contributed by atoms with van der Waals surface area (Å²) in [5, 5.41) is 2.54. The maximum absolute atomic E-state index is 13.1. The molecule has 2 aromatic carbocycles. The van der Waals surface area contributed by atoms with Crippen LogP contribution in [-0.4, -0.2) is 30.0 Å². The molecule has 0 saturated heterocycles. The van der Waals surface area contributed by atoms with Gasteiger partial charge in [0.1, 0.15) is 5.01 Å². The predicted octanol–water partition coefficient (Wildman–Crippen LogP) is 5.40. The molecule has 0 amide bonds.